The molecule has 0 spiro atoms. The van der Waals surface area contributed by atoms with Crippen LogP contribution in [0.4, 0.5) is 0 Å². The summed E-state index contributed by atoms with van der Waals surface area (Å²) in [6.45, 7) is 2.17. The van der Waals surface area contributed by atoms with Crippen molar-refractivity contribution in [3.63, 3.8) is 0 Å². The van der Waals surface area contributed by atoms with Gasteiger partial charge < -0.3 is 0 Å². The maximum Gasteiger partial charge on any atom is 0.0964 e. The number of hydrogen-bond donors (Lipinski definition) is 0. The number of nitrogens with zero attached hydrogens (tertiary/aromatic N) is 2. The molecule has 0 aliphatic carbocycles. The highest BCUT2D eigenvalue weighted by molar-refractivity contribution is 7.98. The van der Waals surface area contributed by atoms with Gasteiger partial charge in [0.15, 0.2) is 0 Å². The van der Waals surface area contributed by atoms with Crippen molar-refractivity contribution in [3.8, 4) is 0 Å². The molecule has 2 rings (SSSR count). The summed E-state index contributed by atoms with van der Waals surface area (Å²) in [5, 5.41) is 5.02. The molecule has 2 aromatic rings. The summed E-state index contributed by atoms with van der Waals surface area (Å²) in [6, 6.07) is 3.80. The first-order valence-electron chi connectivity index (χ1n) is 5.45. The number of aryl methyl sites for hydroxylation is 1. The lowest BCUT2D eigenvalue weighted by molar-refractivity contribution is 0.902. The van der Waals surface area contributed by atoms with E-state index in [1.54, 1.807) is 29.3 Å². The molecule has 0 radical (unpaired) electrons. The molecule has 0 unspecified atom stereocenters. The quantitative estimate of drug-likeness (QED) is 0.759. The van der Waals surface area contributed by atoms with Gasteiger partial charge >= 0.3 is 0 Å². The summed E-state index contributed by atoms with van der Waals surface area (Å²) < 4.78 is 0. The third-order valence-corrected chi connectivity index (χ3v) is 4.29. The van der Waals surface area contributed by atoms with Gasteiger partial charge in [0, 0.05) is 17.3 Å². The van der Waals surface area contributed by atoms with Crippen LogP contribution in [0.15, 0.2) is 28.7 Å². The highest BCUT2D eigenvalue weighted by atomic mass is 35.5. The molecular formula is C12H13ClN2S2. The number of rotatable bonds is 5. The van der Waals surface area contributed by atoms with E-state index >= 15 is 0 Å². The fourth-order valence-electron chi connectivity index (χ4n) is 1.34. The SMILES string of the molecule is CCCc1nc(CSc2ccc(Cl)cn2)cs1. The number of halogens is 1. The Balaban J connectivity index is 1.90. The molecule has 0 atom stereocenters. The van der Waals surface area contributed by atoms with Crippen molar-refractivity contribution in [2.45, 2.75) is 30.5 Å². The van der Waals surface area contributed by atoms with E-state index < -0.39 is 0 Å². The van der Waals surface area contributed by atoms with Gasteiger partial charge in [-0.25, -0.2) is 9.97 Å². The van der Waals surface area contributed by atoms with Crippen LogP contribution in [0.5, 0.6) is 0 Å². The number of aromatic nitrogens is 2. The number of thioether (sulfide) groups is 1. The van der Waals surface area contributed by atoms with Crippen molar-refractivity contribution in [1.82, 2.24) is 9.97 Å². The minimum atomic E-state index is 0.674. The second-order valence-electron chi connectivity index (χ2n) is 3.59. The highest BCUT2D eigenvalue weighted by Gasteiger charge is 2.03. The van der Waals surface area contributed by atoms with E-state index in [0.29, 0.717) is 5.02 Å². The maximum absolute atomic E-state index is 5.78. The third kappa shape index (κ3) is 3.98. The predicted molar refractivity (Wildman–Crippen MR) is 74.9 cm³/mol. The minimum Gasteiger partial charge on any atom is -0.248 e. The molecule has 2 aromatic heterocycles. The van der Waals surface area contributed by atoms with Crippen LogP contribution >= 0.6 is 34.7 Å². The molecule has 0 saturated carbocycles. The van der Waals surface area contributed by atoms with Gasteiger partial charge in [0.25, 0.3) is 0 Å². The summed E-state index contributed by atoms with van der Waals surface area (Å²) in [5.74, 6) is 0.870. The Morgan fingerprint density at radius 3 is 3.00 bits per heavy atom. The molecule has 0 fully saturated rings. The van der Waals surface area contributed by atoms with Gasteiger partial charge in [-0.2, -0.15) is 0 Å². The average molecular weight is 285 g/mol. The summed E-state index contributed by atoms with van der Waals surface area (Å²) in [6.07, 6.45) is 3.90. The first-order chi connectivity index (χ1) is 8.28. The number of thiazole rings is 1. The average Bonchev–Trinajstić information content (AvgIpc) is 2.77. The lowest BCUT2D eigenvalue weighted by atomic mass is 10.3. The molecule has 0 saturated heterocycles. The van der Waals surface area contributed by atoms with E-state index in [1.165, 1.54) is 5.01 Å². The molecule has 17 heavy (non-hydrogen) atoms. The third-order valence-electron chi connectivity index (χ3n) is 2.13. The second-order valence-corrected chi connectivity index (χ2v) is 5.96. The van der Waals surface area contributed by atoms with Crippen molar-refractivity contribution in [2.24, 2.45) is 0 Å². The molecule has 0 bridgehead atoms. The van der Waals surface area contributed by atoms with E-state index in [4.69, 9.17) is 11.6 Å². The Morgan fingerprint density at radius 2 is 2.29 bits per heavy atom. The van der Waals surface area contributed by atoms with E-state index in [9.17, 15) is 0 Å². The summed E-state index contributed by atoms with van der Waals surface area (Å²) in [4.78, 5) is 8.82. The Morgan fingerprint density at radius 1 is 1.41 bits per heavy atom. The van der Waals surface area contributed by atoms with E-state index in [1.807, 2.05) is 12.1 Å². The van der Waals surface area contributed by atoms with Gasteiger partial charge in [-0.1, -0.05) is 18.5 Å². The molecule has 0 aromatic carbocycles. The first-order valence-corrected chi connectivity index (χ1v) is 7.70. The molecule has 0 aliphatic heterocycles. The van der Waals surface area contributed by atoms with Crippen LogP contribution in [0.2, 0.25) is 5.02 Å². The Labute approximate surface area is 114 Å². The van der Waals surface area contributed by atoms with Crippen LogP contribution in [0.25, 0.3) is 0 Å². The molecular weight excluding hydrogens is 272 g/mol. The maximum atomic E-state index is 5.78. The summed E-state index contributed by atoms with van der Waals surface area (Å²) >= 11 is 9.22. The van der Waals surface area contributed by atoms with E-state index in [0.717, 1.165) is 29.3 Å². The van der Waals surface area contributed by atoms with Crippen LogP contribution in [0.3, 0.4) is 0 Å². The lowest BCUT2D eigenvalue weighted by Crippen LogP contribution is -1.85. The normalized spacial score (nSPS) is 10.7. The fraction of sp³-hybridized carbons (Fsp3) is 0.333. The van der Waals surface area contributed by atoms with Gasteiger partial charge in [-0.3, -0.25) is 0 Å². The van der Waals surface area contributed by atoms with Gasteiger partial charge in [0.2, 0.25) is 0 Å². The Kier molecular flexibility index (Phi) is 4.83. The smallest absolute Gasteiger partial charge is 0.0964 e. The van der Waals surface area contributed by atoms with Gasteiger partial charge in [-0.15, -0.1) is 23.1 Å². The van der Waals surface area contributed by atoms with Crippen LogP contribution in [0.1, 0.15) is 24.0 Å². The molecule has 0 aliphatic rings. The molecule has 0 amide bonds. The zero-order chi connectivity index (χ0) is 12.1. The summed E-state index contributed by atoms with van der Waals surface area (Å²) in [7, 11) is 0. The van der Waals surface area contributed by atoms with Gasteiger partial charge in [-0.05, 0) is 25.0 Å². The van der Waals surface area contributed by atoms with Crippen molar-refractivity contribution in [2.75, 3.05) is 0 Å². The van der Waals surface area contributed by atoms with E-state index in [-0.39, 0.29) is 0 Å². The topological polar surface area (TPSA) is 25.8 Å². The largest absolute Gasteiger partial charge is 0.248 e. The Hall–Kier alpha value is -0.580. The predicted octanol–water partition coefficient (Wildman–Crippen LogP) is 4.44. The molecule has 90 valence electrons. The minimum absolute atomic E-state index is 0.674. The van der Waals surface area contributed by atoms with Crippen molar-refractivity contribution in [1.29, 1.82) is 0 Å². The van der Waals surface area contributed by atoms with Crippen LogP contribution in [0, 0.1) is 0 Å². The van der Waals surface area contributed by atoms with Crippen LogP contribution < -0.4 is 0 Å². The van der Waals surface area contributed by atoms with Crippen LogP contribution in [-0.2, 0) is 12.2 Å². The second kappa shape index (κ2) is 6.38. The van der Waals surface area contributed by atoms with Crippen LogP contribution in [-0.4, -0.2) is 9.97 Å². The lowest BCUT2D eigenvalue weighted by Gasteiger charge is -1.98. The number of pyridine rings is 1. The monoisotopic (exact) mass is 284 g/mol. The van der Waals surface area contributed by atoms with Crippen molar-refractivity contribution >= 4 is 34.7 Å². The van der Waals surface area contributed by atoms with E-state index in [2.05, 4.69) is 22.3 Å². The number of hydrogen-bond acceptors (Lipinski definition) is 4. The fourth-order valence-corrected chi connectivity index (χ4v) is 3.19. The zero-order valence-electron chi connectivity index (χ0n) is 9.52. The standard InChI is InChI=1S/C12H13ClN2S2/c1-2-3-12-15-10(8-17-12)7-16-11-5-4-9(13)6-14-11/h4-6,8H,2-3,7H2,1H3. The molecule has 2 nitrogen and oxygen atoms in total. The van der Waals surface area contributed by atoms with Gasteiger partial charge in [0.05, 0.1) is 20.8 Å². The zero-order valence-corrected chi connectivity index (χ0v) is 11.9. The van der Waals surface area contributed by atoms with Crippen molar-refractivity contribution < 1.29 is 0 Å². The molecule has 0 N–H and O–H groups in total. The van der Waals surface area contributed by atoms with Gasteiger partial charge in [0.1, 0.15) is 0 Å². The Bertz CT molecular complexity index is 468. The summed E-state index contributed by atoms with van der Waals surface area (Å²) in [5.41, 5.74) is 1.14. The highest BCUT2D eigenvalue weighted by Crippen LogP contribution is 2.23. The molecule has 2 heterocycles. The van der Waals surface area contributed by atoms with Crippen molar-refractivity contribution in [3.05, 3.63) is 39.4 Å². The molecule has 5 heteroatoms. The first kappa shape index (κ1) is 12.9.